The molecule has 0 spiro atoms. The number of phenolic OH excluding ortho intramolecular Hbond substituents is 1. The van der Waals surface area contributed by atoms with E-state index in [1.807, 2.05) is 38.1 Å². The molecule has 0 unspecified atom stereocenters. The van der Waals surface area contributed by atoms with E-state index in [0.29, 0.717) is 11.3 Å². The van der Waals surface area contributed by atoms with Crippen molar-refractivity contribution in [3.05, 3.63) is 58.7 Å². The lowest BCUT2D eigenvalue weighted by Crippen LogP contribution is -2.14. The van der Waals surface area contributed by atoms with Crippen LogP contribution in [0.25, 0.3) is 6.08 Å². The first-order valence-electron chi connectivity index (χ1n) is 7.32. The zero-order chi connectivity index (χ0) is 17.7. The van der Waals surface area contributed by atoms with Gasteiger partial charge in [0.05, 0.1) is 7.11 Å². The Labute approximate surface area is 140 Å². The highest BCUT2D eigenvalue weighted by Gasteiger charge is 2.12. The van der Waals surface area contributed by atoms with E-state index >= 15 is 0 Å². The fraction of sp³-hybridized carbons (Fsp3) is 0.158. The molecule has 2 rings (SSSR count). The first-order valence-corrected chi connectivity index (χ1v) is 7.32. The van der Waals surface area contributed by atoms with Crippen molar-refractivity contribution >= 4 is 17.7 Å². The Morgan fingerprint density at radius 2 is 2.00 bits per heavy atom. The van der Waals surface area contributed by atoms with Crippen molar-refractivity contribution in [1.29, 1.82) is 5.26 Å². The number of methoxy groups -OCH3 is 1. The average molecular weight is 322 g/mol. The summed E-state index contributed by atoms with van der Waals surface area (Å²) in [5, 5.41) is 21.6. The van der Waals surface area contributed by atoms with E-state index in [0.717, 1.165) is 11.1 Å². The van der Waals surface area contributed by atoms with Crippen LogP contribution in [0.15, 0.2) is 42.0 Å². The number of nitrogens with zero attached hydrogens (tertiary/aromatic N) is 1. The minimum absolute atomic E-state index is 0.00649. The monoisotopic (exact) mass is 322 g/mol. The second-order valence-corrected chi connectivity index (χ2v) is 5.37. The highest BCUT2D eigenvalue weighted by molar-refractivity contribution is 6.10. The fourth-order valence-electron chi connectivity index (χ4n) is 2.16. The number of nitriles is 1. The first-order chi connectivity index (χ1) is 11.4. The van der Waals surface area contributed by atoms with Gasteiger partial charge in [0.2, 0.25) is 0 Å². The van der Waals surface area contributed by atoms with E-state index in [4.69, 9.17) is 4.74 Å². The van der Waals surface area contributed by atoms with Gasteiger partial charge in [0, 0.05) is 5.69 Å². The third kappa shape index (κ3) is 3.93. The molecule has 5 nitrogen and oxygen atoms in total. The highest BCUT2D eigenvalue weighted by atomic mass is 16.5. The number of nitrogens with one attached hydrogen (secondary N) is 1. The molecule has 5 heteroatoms. The number of rotatable bonds is 4. The maximum atomic E-state index is 12.4. The van der Waals surface area contributed by atoms with E-state index in [-0.39, 0.29) is 17.1 Å². The standard InChI is InChI=1S/C19H18N2O3/c1-12-4-5-13(2)16(8-12)21-19(23)15(11-20)9-14-6-7-17(22)18(10-14)24-3/h4-10,22H,1-3H3,(H,21,23)/b15-9+. The normalized spacial score (nSPS) is 10.8. The Kier molecular flexibility index (Phi) is 5.23. The molecule has 2 aromatic rings. The van der Waals surface area contributed by atoms with Crippen LogP contribution in [0.4, 0.5) is 5.69 Å². The summed E-state index contributed by atoms with van der Waals surface area (Å²) >= 11 is 0. The molecular weight excluding hydrogens is 304 g/mol. The molecular formula is C19H18N2O3. The number of phenols is 1. The van der Waals surface area contributed by atoms with Gasteiger partial charge in [-0.05, 0) is 54.8 Å². The van der Waals surface area contributed by atoms with Crippen LogP contribution in [-0.2, 0) is 4.79 Å². The van der Waals surface area contributed by atoms with Gasteiger partial charge in [-0.1, -0.05) is 18.2 Å². The summed E-state index contributed by atoms with van der Waals surface area (Å²) in [5.41, 5.74) is 3.14. The smallest absolute Gasteiger partial charge is 0.266 e. The summed E-state index contributed by atoms with van der Waals surface area (Å²) < 4.78 is 5.02. The highest BCUT2D eigenvalue weighted by Crippen LogP contribution is 2.27. The predicted octanol–water partition coefficient (Wildman–Crippen LogP) is 3.56. The van der Waals surface area contributed by atoms with Crippen molar-refractivity contribution in [1.82, 2.24) is 0 Å². The van der Waals surface area contributed by atoms with Crippen molar-refractivity contribution < 1.29 is 14.6 Å². The van der Waals surface area contributed by atoms with Crippen LogP contribution in [0, 0.1) is 25.2 Å². The summed E-state index contributed by atoms with van der Waals surface area (Å²) in [6, 6.07) is 12.2. The molecule has 2 aromatic carbocycles. The van der Waals surface area contributed by atoms with Crippen molar-refractivity contribution in [2.45, 2.75) is 13.8 Å². The number of anilines is 1. The van der Waals surface area contributed by atoms with Crippen LogP contribution < -0.4 is 10.1 Å². The molecule has 0 heterocycles. The summed E-state index contributed by atoms with van der Waals surface area (Å²) in [6.45, 7) is 3.81. The number of benzene rings is 2. The van der Waals surface area contributed by atoms with Gasteiger partial charge in [0.25, 0.3) is 5.91 Å². The second-order valence-electron chi connectivity index (χ2n) is 5.37. The van der Waals surface area contributed by atoms with Crippen LogP contribution in [0.2, 0.25) is 0 Å². The molecule has 0 aliphatic rings. The third-order valence-electron chi connectivity index (χ3n) is 3.52. The van der Waals surface area contributed by atoms with Gasteiger partial charge in [-0.25, -0.2) is 0 Å². The number of aryl methyl sites for hydroxylation is 2. The van der Waals surface area contributed by atoms with E-state index in [9.17, 15) is 15.2 Å². The van der Waals surface area contributed by atoms with Crippen molar-refractivity contribution in [2.24, 2.45) is 0 Å². The third-order valence-corrected chi connectivity index (χ3v) is 3.52. The van der Waals surface area contributed by atoms with Gasteiger partial charge in [-0.3, -0.25) is 4.79 Å². The molecule has 0 radical (unpaired) electrons. The Bertz CT molecular complexity index is 848. The van der Waals surface area contributed by atoms with Crippen LogP contribution in [0.3, 0.4) is 0 Å². The molecule has 2 N–H and O–H groups in total. The average Bonchev–Trinajstić information content (AvgIpc) is 2.57. The molecule has 122 valence electrons. The lowest BCUT2D eigenvalue weighted by molar-refractivity contribution is -0.112. The number of hydrogen-bond acceptors (Lipinski definition) is 4. The second kappa shape index (κ2) is 7.34. The fourth-order valence-corrected chi connectivity index (χ4v) is 2.16. The molecule has 1 amide bonds. The molecule has 0 aliphatic heterocycles. The molecule has 0 atom stereocenters. The lowest BCUT2D eigenvalue weighted by atomic mass is 10.1. The number of ether oxygens (including phenoxy) is 1. The van der Waals surface area contributed by atoms with Gasteiger partial charge in [-0.15, -0.1) is 0 Å². The number of hydrogen-bond donors (Lipinski definition) is 2. The molecule has 0 aliphatic carbocycles. The summed E-state index contributed by atoms with van der Waals surface area (Å²) in [6.07, 6.45) is 1.45. The summed E-state index contributed by atoms with van der Waals surface area (Å²) in [7, 11) is 1.43. The Morgan fingerprint density at radius 3 is 2.67 bits per heavy atom. The molecule has 0 saturated heterocycles. The molecule has 24 heavy (non-hydrogen) atoms. The summed E-state index contributed by atoms with van der Waals surface area (Å²) in [5.74, 6) is -0.220. The first kappa shape index (κ1) is 17.1. The number of amides is 1. The van der Waals surface area contributed by atoms with Crippen molar-refractivity contribution in [2.75, 3.05) is 12.4 Å². The van der Waals surface area contributed by atoms with Crippen molar-refractivity contribution in [3.8, 4) is 17.6 Å². The SMILES string of the molecule is COc1cc(/C=C(\C#N)C(=O)Nc2cc(C)ccc2C)ccc1O. The number of carbonyl (C=O) groups excluding carboxylic acids is 1. The van der Waals surface area contributed by atoms with Gasteiger partial charge in [-0.2, -0.15) is 5.26 Å². The van der Waals surface area contributed by atoms with Gasteiger partial charge < -0.3 is 15.2 Å². The molecule has 0 bridgehead atoms. The predicted molar refractivity (Wildman–Crippen MR) is 92.8 cm³/mol. The summed E-state index contributed by atoms with van der Waals surface area (Å²) in [4.78, 5) is 12.4. The van der Waals surface area contributed by atoms with Crippen LogP contribution >= 0.6 is 0 Å². The quantitative estimate of drug-likeness (QED) is 0.666. The van der Waals surface area contributed by atoms with Crippen LogP contribution in [-0.4, -0.2) is 18.1 Å². The molecule has 0 saturated carbocycles. The number of carbonyl (C=O) groups is 1. The maximum absolute atomic E-state index is 12.4. The Hall–Kier alpha value is -3.26. The van der Waals surface area contributed by atoms with Crippen molar-refractivity contribution in [3.63, 3.8) is 0 Å². The lowest BCUT2D eigenvalue weighted by Gasteiger charge is -2.09. The van der Waals surface area contributed by atoms with E-state index in [1.165, 1.54) is 19.3 Å². The largest absolute Gasteiger partial charge is 0.504 e. The zero-order valence-corrected chi connectivity index (χ0v) is 13.8. The Morgan fingerprint density at radius 1 is 1.25 bits per heavy atom. The van der Waals surface area contributed by atoms with E-state index in [2.05, 4.69) is 5.32 Å². The topological polar surface area (TPSA) is 82.3 Å². The minimum atomic E-state index is -0.488. The molecule has 0 fully saturated rings. The van der Waals surface area contributed by atoms with Gasteiger partial charge in [0.1, 0.15) is 11.6 Å². The minimum Gasteiger partial charge on any atom is -0.504 e. The maximum Gasteiger partial charge on any atom is 0.266 e. The van der Waals surface area contributed by atoms with Crippen LogP contribution in [0.5, 0.6) is 11.5 Å². The molecule has 0 aromatic heterocycles. The van der Waals surface area contributed by atoms with E-state index in [1.54, 1.807) is 12.1 Å². The Balaban J connectivity index is 2.29. The zero-order valence-electron chi connectivity index (χ0n) is 13.8. The van der Waals surface area contributed by atoms with E-state index < -0.39 is 5.91 Å². The van der Waals surface area contributed by atoms with Gasteiger partial charge in [0.15, 0.2) is 11.5 Å². The number of aromatic hydroxyl groups is 1. The van der Waals surface area contributed by atoms with Gasteiger partial charge >= 0.3 is 0 Å². The van der Waals surface area contributed by atoms with Crippen LogP contribution in [0.1, 0.15) is 16.7 Å².